The molecule has 1 N–H and O–H groups in total. The van der Waals surface area contributed by atoms with E-state index in [1.807, 2.05) is 18.8 Å². The first kappa shape index (κ1) is 15.5. The van der Waals surface area contributed by atoms with Crippen LogP contribution in [0, 0.1) is 5.92 Å². The van der Waals surface area contributed by atoms with Crippen LogP contribution in [0.3, 0.4) is 0 Å². The first-order valence-electron chi connectivity index (χ1n) is 6.87. The van der Waals surface area contributed by atoms with E-state index in [2.05, 4.69) is 31.2 Å². The van der Waals surface area contributed by atoms with Gasteiger partial charge in [-0.3, -0.25) is 4.68 Å². The second-order valence-corrected chi connectivity index (χ2v) is 5.72. The van der Waals surface area contributed by atoms with Gasteiger partial charge in [0.1, 0.15) is 0 Å². The molecule has 1 unspecified atom stereocenters. The second-order valence-electron chi connectivity index (χ2n) is 5.35. The van der Waals surface area contributed by atoms with Gasteiger partial charge in [0.25, 0.3) is 0 Å². The summed E-state index contributed by atoms with van der Waals surface area (Å²) in [5, 5.41) is 8.71. The Morgan fingerprint density at radius 3 is 2.44 bits per heavy atom. The number of hydrogen-bond donors (Lipinski definition) is 1. The first-order valence-corrected chi connectivity index (χ1v) is 7.24. The smallest absolute Gasteiger partial charge is 0.0850 e. The molecule has 1 heterocycles. The fourth-order valence-electron chi connectivity index (χ4n) is 2.16. The van der Waals surface area contributed by atoms with E-state index >= 15 is 0 Å². The van der Waals surface area contributed by atoms with E-state index in [1.54, 1.807) is 0 Å². The Morgan fingerprint density at radius 2 is 2.00 bits per heavy atom. The number of halogens is 1. The van der Waals surface area contributed by atoms with Crippen molar-refractivity contribution in [3.63, 3.8) is 0 Å². The van der Waals surface area contributed by atoms with Gasteiger partial charge in [0, 0.05) is 19.5 Å². The second kappa shape index (κ2) is 7.15. The monoisotopic (exact) mass is 271 g/mol. The summed E-state index contributed by atoms with van der Waals surface area (Å²) in [4.78, 5) is 0. The maximum atomic E-state index is 6.38. The summed E-state index contributed by atoms with van der Waals surface area (Å²) in [7, 11) is 4.01. The van der Waals surface area contributed by atoms with Crippen molar-refractivity contribution < 1.29 is 0 Å². The number of rotatable bonds is 7. The van der Waals surface area contributed by atoms with Gasteiger partial charge in [-0.25, -0.2) is 0 Å². The summed E-state index contributed by atoms with van der Waals surface area (Å²) < 4.78 is 1.93. The number of aryl methyl sites for hydroxylation is 2. The summed E-state index contributed by atoms with van der Waals surface area (Å²) >= 11 is 6.38. The molecular weight excluding hydrogens is 246 g/mol. The average molecular weight is 272 g/mol. The topological polar surface area (TPSA) is 29.9 Å². The summed E-state index contributed by atoms with van der Waals surface area (Å²) in [6.45, 7) is 6.62. The highest BCUT2D eigenvalue weighted by Crippen LogP contribution is 2.23. The zero-order chi connectivity index (χ0) is 13.7. The van der Waals surface area contributed by atoms with Crippen molar-refractivity contribution in [2.45, 2.75) is 52.5 Å². The van der Waals surface area contributed by atoms with Crippen LogP contribution in [0.5, 0.6) is 0 Å². The molecule has 0 amide bonds. The van der Waals surface area contributed by atoms with Gasteiger partial charge >= 0.3 is 0 Å². The number of hydrogen-bond acceptors (Lipinski definition) is 2. The molecule has 4 heteroatoms. The molecule has 1 rings (SSSR count). The quantitative estimate of drug-likeness (QED) is 0.825. The van der Waals surface area contributed by atoms with E-state index in [1.165, 1.54) is 12.8 Å². The fourth-order valence-corrected chi connectivity index (χ4v) is 2.53. The van der Waals surface area contributed by atoms with Crippen LogP contribution in [-0.4, -0.2) is 22.9 Å². The third-order valence-corrected chi connectivity index (χ3v) is 3.88. The van der Waals surface area contributed by atoms with Crippen molar-refractivity contribution in [3.8, 4) is 0 Å². The van der Waals surface area contributed by atoms with Crippen molar-refractivity contribution in [2.75, 3.05) is 7.05 Å². The Bertz CT molecular complexity index is 371. The van der Waals surface area contributed by atoms with E-state index in [0.29, 0.717) is 6.04 Å². The highest BCUT2D eigenvalue weighted by Gasteiger charge is 2.17. The molecule has 0 aromatic carbocycles. The molecule has 1 aromatic heterocycles. The molecule has 0 bridgehead atoms. The minimum atomic E-state index is 0.477. The van der Waals surface area contributed by atoms with Gasteiger partial charge in [-0.05, 0) is 32.2 Å². The normalized spacial score (nSPS) is 13.3. The molecule has 0 spiro atoms. The lowest BCUT2D eigenvalue weighted by atomic mass is 10.00. The molecule has 0 saturated carbocycles. The van der Waals surface area contributed by atoms with E-state index in [9.17, 15) is 0 Å². The van der Waals surface area contributed by atoms with Gasteiger partial charge < -0.3 is 5.32 Å². The third-order valence-electron chi connectivity index (χ3n) is 3.44. The van der Waals surface area contributed by atoms with Crippen LogP contribution >= 0.6 is 11.6 Å². The molecule has 18 heavy (non-hydrogen) atoms. The summed E-state index contributed by atoms with van der Waals surface area (Å²) in [6.07, 6.45) is 4.26. The van der Waals surface area contributed by atoms with Gasteiger partial charge in [-0.1, -0.05) is 32.4 Å². The maximum absolute atomic E-state index is 6.38. The molecule has 0 aliphatic carbocycles. The largest absolute Gasteiger partial charge is 0.317 e. The Kier molecular flexibility index (Phi) is 6.16. The molecule has 0 fully saturated rings. The van der Waals surface area contributed by atoms with E-state index in [0.717, 1.165) is 35.2 Å². The Balaban J connectivity index is 2.72. The summed E-state index contributed by atoms with van der Waals surface area (Å²) in [5.41, 5.74) is 2.16. The average Bonchev–Trinajstić information content (AvgIpc) is 2.60. The molecule has 0 radical (unpaired) electrons. The van der Waals surface area contributed by atoms with E-state index in [4.69, 9.17) is 11.6 Å². The number of nitrogens with zero attached hydrogens (tertiary/aromatic N) is 2. The summed E-state index contributed by atoms with van der Waals surface area (Å²) in [6, 6.07) is 0.477. The minimum absolute atomic E-state index is 0.477. The van der Waals surface area contributed by atoms with Crippen molar-refractivity contribution in [1.82, 2.24) is 15.1 Å². The van der Waals surface area contributed by atoms with Crippen LogP contribution < -0.4 is 5.32 Å². The van der Waals surface area contributed by atoms with Crippen molar-refractivity contribution >= 4 is 11.6 Å². The lowest BCUT2D eigenvalue weighted by molar-refractivity contribution is 0.443. The number of nitrogens with one attached hydrogen (secondary N) is 1. The van der Waals surface area contributed by atoms with Crippen molar-refractivity contribution in [1.29, 1.82) is 0 Å². The predicted molar refractivity (Wildman–Crippen MR) is 78.2 cm³/mol. The maximum Gasteiger partial charge on any atom is 0.0850 e. The SMILES string of the molecule is CCc1nn(C)c(CC(CCC(C)C)NC)c1Cl. The lowest BCUT2D eigenvalue weighted by Gasteiger charge is -2.17. The van der Waals surface area contributed by atoms with Crippen molar-refractivity contribution in [3.05, 3.63) is 16.4 Å². The molecule has 3 nitrogen and oxygen atoms in total. The van der Waals surface area contributed by atoms with Crippen LogP contribution in [-0.2, 0) is 19.9 Å². The fraction of sp³-hybridized carbons (Fsp3) is 0.786. The van der Waals surface area contributed by atoms with Crippen LogP contribution in [0.1, 0.15) is 45.0 Å². The zero-order valence-corrected chi connectivity index (χ0v) is 13.0. The lowest BCUT2D eigenvalue weighted by Crippen LogP contribution is -2.29. The van der Waals surface area contributed by atoms with Gasteiger partial charge in [-0.2, -0.15) is 5.10 Å². The van der Waals surface area contributed by atoms with Crippen LogP contribution in [0.15, 0.2) is 0 Å². The molecular formula is C14H26ClN3. The van der Waals surface area contributed by atoms with Gasteiger partial charge in [0.15, 0.2) is 0 Å². The highest BCUT2D eigenvalue weighted by atomic mass is 35.5. The van der Waals surface area contributed by atoms with Gasteiger partial charge in [-0.15, -0.1) is 0 Å². The predicted octanol–water partition coefficient (Wildman–Crippen LogP) is 3.20. The van der Waals surface area contributed by atoms with Crippen LogP contribution in [0.25, 0.3) is 0 Å². The minimum Gasteiger partial charge on any atom is -0.317 e. The summed E-state index contributed by atoms with van der Waals surface area (Å²) in [5.74, 6) is 0.745. The van der Waals surface area contributed by atoms with Gasteiger partial charge in [0.2, 0.25) is 0 Å². The zero-order valence-electron chi connectivity index (χ0n) is 12.3. The Hall–Kier alpha value is -0.540. The molecule has 0 saturated heterocycles. The standard InChI is InChI=1S/C14H26ClN3/c1-6-12-14(15)13(18(5)17-12)9-11(16-4)8-7-10(2)3/h10-11,16H,6-9H2,1-5H3. The highest BCUT2D eigenvalue weighted by molar-refractivity contribution is 6.31. The molecule has 0 aliphatic rings. The molecule has 0 aliphatic heterocycles. The Labute approximate surface area is 116 Å². The first-order chi connectivity index (χ1) is 8.49. The van der Waals surface area contributed by atoms with Crippen LogP contribution in [0.4, 0.5) is 0 Å². The number of likely N-dealkylation sites (N-methyl/N-ethyl adjacent to an activating group) is 1. The third kappa shape index (κ3) is 3.99. The van der Waals surface area contributed by atoms with E-state index < -0.39 is 0 Å². The van der Waals surface area contributed by atoms with Crippen LogP contribution in [0.2, 0.25) is 5.02 Å². The van der Waals surface area contributed by atoms with Gasteiger partial charge in [0.05, 0.1) is 16.4 Å². The molecule has 1 aromatic rings. The molecule has 1 atom stereocenters. The number of aromatic nitrogens is 2. The molecule has 104 valence electrons. The van der Waals surface area contributed by atoms with E-state index in [-0.39, 0.29) is 0 Å². The Morgan fingerprint density at radius 1 is 1.33 bits per heavy atom. The van der Waals surface area contributed by atoms with Crippen molar-refractivity contribution in [2.24, 2.45) is 13.0 Å².